The number of aliphatic hydroxyl groups is 1. The minimum absolute atomic E-state index is 0.0215. The van der Waals surface area contributed by atoms with E-state index >= 15 is 0 Å². The number of nitrogens with zero attached hydrogens (tertiary/aromatic N) is 1. The summed E-state index contributed by atoms with van der Waals surface area (Å²) in [5, 5.41) is 9.37. The Labute approximate surface area is 96.8 Å². The first-order valence-electron chi connectivity index (χ1n) is 5.28. The van der Waals surface area contributed by atoms with E-state index in [-0.39, 0.29) is 18.6 Å². The van der Waals surface area contributed by atoms with E-state index in [1.807, 2.05) is 0 Å². The van der Waals surface area contributed by atoms with Crippen molar-refractivity contribution < 1.29 is 18.3 Å². The molecular weight excluding hydrogens is 232 g/mol. The Hall–Kier alpha value is -0.210. The maximum Gasteiger partial charge on any atom is 0.278 e. The first kappa shape index (κ1) is 13.9. The maximum absolute atomic E-state index is 11.5. The molecule has 1 rings (SSSR count). The highest BCUT2D eigenvalue weighted by Gasteiger charge is 2.33. The van der Waals surface area contributed by atoms with Gasteiger partial charge in [0.25, 0.3) is 10.2 Å². The van der Waals surface area contributed by atoms with Gasteiger partial charge in [-0.25, -0.2) is 4.72 Å². The highest BCUT2D eigenvalue weighted by molar-refractivity contribution is 7.87. The van der Waals surface area contributed by atoms with E-state index in [1.54, 1.807) is 0 Å². The van der Waals surface area contributed by atoms with Gasteiger partial charge in [0, 0.05) is 39.3 Å². The summed E-state index contributed by atoms with van der Waals surface area (Å²) in [5.41, 5.74) is -0.374. The van der Waals surface area contributed by atoms with Gasteiger partial charge < -0.3 is 9.84 Å². The van der Waals surface area contributed by atoms with Gasteiger partial charge in [0.15, 0.2) is 0 Å². The molecule has 7 heteroatoms. The van der Waals surface area contributed by atoms with Gasteiger partial charge in [-0.1, -0.05) is 0 Å². The molecular formula is C9H20N2O4S. The Balaban J connectivity index is 2.58. The molecule has 0 amide bonds. The fourth-order valence-electron chi connectivity index (χ4n) is 1.57. The van der Waals surface area contributed by atoms with Gasteiger partial charge in [0.1, 0.15) is 0 Å². The summed E-state index contributed by atoms with van der Waals surface area (Å²) in [6.07, 6.45) is 1.36. The van der Waals surface area contributed by atoms with Gasteiger partial charge in [-0.2, -0.15) is 12.7 Å². The second-order valence-electron chi connectivity index (χ2n) is 4.38. The van der Waals surface area contributed by atoms with E-state index in [4.69, 9.17) is 4.74 Å². The molecule has 0 bridgehead atoms. The number of hydrogen-bond donors (Lipinski definition) is 2. The number of ether oxygens (including phenoxy) is 1. The van der Waals surface area contributed by atoms with Crippen LogP contribution < -0.4 is 4.72 Å². The first-order chi connectivity index (χ1) is 7.42. The molecule has 0 spiro atoms. The molecule has 1 aliphatic heterocycles. The molecule has 1 aliphatic rings. The van der Waals surface area contributed by atoms with Crippen LogP contribution in [0, 0.1) is 5.41 Å². The lowest BCUT2D eigenvalue weighted by Gasteiger charge is -2.35. The van der Waals surface area contributed by atoms with Crippen LogP contribution >= 0.6 is 0 Å². The minimum Gasteiger partial charge on any atom is -0.396 e. The second-order valence-corrected chi connectivity index (χ2v) is 6.35. The molecule has 16 heavy (non-hydrogen) atoms. The van der Waals surface area contributed by atoms with Gasteiger partial charge >= 0.3 is 0 Å². The van der Waals surface area contributed by atoms with Crippen molar-refractivity contribution in [3.05, 3.63) is 0 Å². The Morgan fingerprint density at radius 2 is 1.94 bits per heavy atom. The van der Waals surface area contributed by atoms with Crippen LogP contribution in [0.2, 0.25) is 0 Å². The SMILES string of the molecule is CN(C)S(=O)(=O)NCC1(CO)CCOCC1. The summed E-state index contributed by atoms with van der Waals surface area (Å²) < 4.78 is 31.9. The largest absolute Gasteiger partial charge is 0.396 e. The van der Waals surface area contributed by atoms with Crippen LogP contribution in [0.1, 0.15) is 12.8 Å². The molecule has 0 radical (unpaired) electrons. The predicted octanol–water partition coefficient (Wildman–Crippen LogP) is -0.828. The van der Waals surface area contributed by atoms with E-state index in [2.05, 4.69) is 4.72 Å². The van der Waals surface area contributed by atoms with Crippen molar-refractivity contribution in [2.24, 2.45) is 5.41 Å². The number of hydrogen-bond acceptors (Lipinski definition) is 4. The zero-order valence-electron chi connectivity index (χ0n) is 9.77. The van der Waals surface area contributed by atoms with Crippen LogP contribution in [-0.4, -0.2) is 58.3 Å². The monoisotopic (exact) mass is 252 g/mol. The molecule has 1 fully saturated rings. The van der Waals surface area contributed by atoms with E-state index in [0.29, 0.717) is 26.1 Å². The van der Waals surface area contributed by atoms with E-state index in [9.17, 15) is 13.5 Å². The van der Waals surface area contributed by atoms with Gasteiger partial charge in [0.05, 0.1) is 6.61 Å². The molecule has 0 aromatic rings. The fourth-order valence-corrected chi connectivity index (χ4v) is 2.32. The molecule has 0 unspecified atom stereocenters. The zero-order valence-corrected chi connectivity index (χ0v) is 10.6. The minimum atomic E-state index is -3.41. The Morgan fingerprint density at radius 3 is 2.38 bits per heavy atom. The molecule has 2 N–H and O–H groups in total. The quantitative estimate of drug-likeness (QED) is 0.669. The number of nitrogens with one attached hydrogen (secondary N) is 1. The fraction of sp³-hybridized carbons (Fsp3) is 1.00. The summed E-state index contributed by atoms with van der Waals surface area (Å²) in [5.74, 6) is 0. The van der Waals surface area contributed by atoms with Crippen molar-refractivity contribution in [3.63, 3.8) is 0 Å². The van der Waals surface area contributed by atoms with Gasteiger partial charge in [-0.3, -0.25) is 0 Å². The summed E-state index contributed by atoms with van der Waals surface area (Å²) in [6, 6.07) is 0. The van der Waals surface area contributed by atoms with Crippen LogP contribution in [0.5, 0.6) is 0 Å². The average molecular weight is 252 g/mol. The third-order valence-corrected chi connectivity index (χ3v) is 4.47. The zero-order chi connectivity index (χ0) is 12.2. The third-order valence-electron chi connectivity index (χ3n) is 3.00. The Morgan fingerprint density at radius 1 is 1.38 bits per heavy atom. The standard InChI is InChI=1S/C9H20N2O4S/c1-11(2)16(13,14)10-7-9(8-12)3-5-15-6-4-9/h10,12H,3-8H2,1-2H3. The smallest absolute Gasteiger partial charge is 0.278 e. The molecule has 0 atom stereocenters. The van der Waals surface area contributed by atoms with Crippen LogP contribution in [0.4, 0.5) is 0 Å². The van der Waals surface area contributed by atoms with Gasteiger partial charge in [0.2, 0.25) is 0 Å². The molecule has 96 valence electrons. The lowest BCUT2D eigenvalue weighted by molar-refractivity contribution is -0.0128. The number of aliphatic hydroxyl groups excluding tert-OH is 1. The summed E-state index contributed by atoms with van der Waals surface area (Å²) >= 11 is 0. The molecule has 1 saturated heterocycles. The van der Waals surface area contributed by atoms with Gasteiger partial charge in [-0.15, -0.1) is 0 Å². The summed E-state index contributed by atoms with van der Waals surface area (Å²) in [4.78, 5) is 0. The molecule has 0 aromatic carbocycles. The van der Waals surface area contributed by atoms with Crippen molar-refractivity contribution >= 4 is 10.2 Å². The van der Waals surface area contributed by atoms with Crippen LogP contribution in [0.3, 0.4) is 0 Å². The van der Waals surface area contributed by atoms with Crippen LogP contribution in [-0.2, 0) is 14.9 Å². The van der Waals surface area contributed by atoms with Crippen LogP contribution in [0.15, 0.2) is 0 Å². The normalized spacial score (nSPS) is 21.2. The lowest BCUT2D eigenvalue weighted by atomic mass is 9.81. The summed E-state index contributed by atoms with van der Waals surface area (Å²) in [7, 11) is -0.474. The molecule has 0 aromatic heterocycles. The average Bonchev–Trinajstić information content (AvgIpc) is 2.28. The highest BCUT2D eigenvalue weighted by Crippen LogP contribution is 2.29. The van der Waals surface area contributed by atoms with Crippen molar-refractivity contribution in [1.82, 2.24) is 9.03 Å². The molecule has 6 nitrogen and oxygen atoms in total. The molecule has 0 saturated carbocycles. The maximum atomic E-state index is 11.5. The van der Waals surface area contributed by atoms with Crippen LogP contribution in [0.25, 0.3) is 0 Å². The van der Waals surface area contributed by atoms with Gasteiger partial charge in [-0.05, 0) is 12.8 Å². The Bertz CT molecular complexity index is 309. The van der Waals surface area contributed by atoms with E-state index in [1.165, 1.54) is 14.1 Å². The summed E-state index contributed by atoms with van der Waals surface area (Å²) in [6.45, 7) is 1.38. The van der Waals surface area contributed by atoms with E-state index in [0.717, 1.165) is 4.31 Å². The highest BCUT2D eigenvalue weighted by atomic mass is 32.2. The van der Waals surface area contributed by atoms with E-state index < -0.39 is 10.2 Å². The first-order valence-corrected chi connectivity index (χ1v) is 6.72. The lowest BCUT2D eigenvalue weighted by Crippen LogP contribution is -2.46. The molecule has 0 aliphatic carbocycles. The van der Waals surface area contributed by atoms with Crippen molar-refractivity contribution in [2.75, 3.05) is 40.5 Å². The second kappa shape index (κ2) is 5.42. The Kier molecular flexibility index (Phi) is 4.69. The van der Waals surface area contributed by atoms with Crippen molar-refractivity contribution in [3.8, 4) is 0 Å². The van der Waals surface area contributed by atoms with Crippen molar-refractivity contribution in [1.29, 1.82) is 0 Å². The number of rotatable bonds is 5. The van der Waals surface area contributed by atoms with Crippen molar-refractivity contribution in [2.45, 2.75) is 12.8 Å². The third kappa shape index (κ3) is 3.39. The predicted molar refractivity (Wildman–Crippen MR) is 60.2 cm³/mol. The molecule has 1 heterocycles. The topological polar surface area (TPSA) is 78.9 Å².